The smallest absolute Gasteiger partial charge is 0.335 e. The zero-order valence-corrected chi connectivity index (χ0v) is 12.5. The van der Waals surface area contributed by atoms with E-state index in [1.807, 2.05) is 19.1 Å². The maximum absolute atomic E-state index is 12.1. The van der Waals surface area contributed by atoms with Gasteiger partial charge in [0.25, 0.3) is 5.91 Å². The average molecular weight is 324 g/mol. The fourth-order valence-electron chi connectivity index (χ4n) is 1.71. The molecule has 108 valence electrons. The Bertz CT molecular complexity index is 688. The van der Waals surface area contributed by atoms with Crippen LogP contribution in [0.3, 0.4) is 0 Å². The van der Waals surface area contributed by atoms with Gasteiger partial charge in [0.1, 0.15) is 0 Å². The van der Waals surface area contributed by atoms with Gasteiger partial charge in [-0.3, -0.25) is 4.79 Å². The molecule has 4 nitrogen and oxygen atoms in total. The van der Waals surface area contributed by atoms with Crippen molar-refractivity contribution in [1.82, 2.24) is 0 Å². The van der Waals surface area contributed by atoms with Gasteiger partial charge in [0.15, 0.2) is 0 Å². The third kappa shape index (κ3) is 3.54. The molecule has 0 aliphatic carbocycles. The number of halogens is 2. The van der Waals surface area contributed by atoms with Crippen LogP contribution in [-0.4, -0.2) is 17.0 Å². The van der Waals surface area contributed by atoms with E-state index in [-0.39, 0.29) is 27.2 Å². The molecule has 2 aromatic carbocycles. The van der Waals surface area contributed by atoms with Crippen LogP contribution in [0.25, 0.3) is 0 Å². The van der Waals surface area contributed by atoms with Crippen molar-refractivity contribution in [3.8, 4) is 0 Å². The molecule has 2 aromatic rings. The largest absolute Gasteiger partial charge is 0.478 e. The van der Waals surface area contributed by atoms with Gasteiger partial charge in [-0.05, 0) is 31.2 Å². The monoisotopic (exact) mass is 323 g/mol. The number of amides is 1. The zero-order chi connectivity index (χ0) is 15.6. The Labute approximate surface area is 131 Å². The summed E-state index contributed by atoms with van der Waals surface area (Å²) in [6.45, 7) is 1.92. The second-order valence-electron chi connectivity index (χ2n) is 4.44. The summed E-state index contributed by atoms with van der Waals surface area (Å²) in [5, 5.41) is 11.6. The molecule has 21 heavy (non-hydrogen) atoms. The lowest BCUT2D eigenvalue weighted by atomic mass is 10.1. The molecule has 0 unspecified atom stereocenters. The lowest BCUT2D eigenvalue weighted by Gasteiger charge is -2.10. The minimum absolute atomic E-state index is 0.0432. The number of rotatable bonds is 3. The molecule has 2 N–H and O–H groups in total. The summed E-state index contributed by atoms with van der Waals surface area (Å²) < 4.78 is 0. The molecule has 0 aromatic heterocycles. The Morgan fingerprint density at radius 1 is 1.00 bits per heavy atom. The van der Waals surface area contributed by atoms with Crippen LogP contribution in [0.15, 0.2) is 36.4 Å². The highest BCUT2D eigenvalue weighted by atomic mass is 35.5. The van der Waals surface area contributed by atoms with Gasteiger partial charge in [-0.15, -0.1) is 0 Å². The molecular weight excluding hydrogens is 313 g/mol. The Kier molecular flexibility index (Phi) is 4.50. The van der Waals surface area contributed by atoms with Crippen LogP contribution in [-0.2, 0) is 0 Å². The molecule has 0 atom stereocenters. The van der Waals surface area contributed by atoms with E-state index in [1.165, 1.54) is 12.1 Å². The summed E-state index contributed by atoms with van der Waals surface area (Å²) in [5.74, 6) is -1.52. The number of anilines is 1. The first-order chi connectivity index (χ1) is 9.88. The van der Waals surface area contributed by atoms with Crippen LogP contribution < -0.4 is 5.32 Å². The predicted octanol–water partition coefficient (Wildman–Crippen LogP) is 4.25. The maximum atomic E-state index is 12.1. The van der Waals surface area contributed by atoms with E-state index in [2.05, 4.69) is 5.32 Å². The lowest BCUT2D eigenvalue weighted by molar-refractivity contribution is 0.0696. The van der Waals surface area contributed by atoms with Crippen molar-refractivity contribution in [3.05, 3.63) is 63.1 Å². The first kappa shape index (κ1) is 15.4. The molecule has 0 aliphatic heterocycles. The standard InChI is InChI=1S/C15H11Cl2NO3/c1-8-2-4-9(5-3-8)14(19)18-13-11(16)6-10(15(20)21)7-12(13)17/h2-7H,1H3,(H,18,19)(H,20,21). The Morgan fingerprint density at radius 2 is 1.52 bits per heavy atom. The minimum atomic E-state index is -1.14. The van der Waals surface area contributed by atoms with Crippen molar-refractivity contribution >= 4 is 40.8 Å². The van der Waals surface area contributed by atoms with Crippen molar-refractivity contribution in [2.75, 3.05) is 5.32 Å². The van der Waals surface area contributed by atoms with Crippen molar-refractivity contribution < 1.29 is 14.7 Å². The van der Waals surface area contributed by atoms with E-state index in [0.717, 1.165) is 5.56 Å². The average Bonchev–Trinajstić information content (AvgIpc) is 2.43. The summed E-state index contributed by atoms with van der Waals surface area (Å²) in [6, 6.07) is 9.45. The first-order valence-electron chi connectivity index (χ1n) is 5.99. The van der Waals surface area contributed by atoms with Crippen LogP contribution in [0.2, 0.25) is 10.0 Å². The van der Waals surface area contributed by atoms with E-state index in [4.69, 9.17) is 28.3 Å². The van der Waals surface area contributed by atoms with Gasteiger partial charge in [0.05, 0.1) is 21.3 Å². The molecule has 0 fully saturated rings. The number of hydrogen-bond donors (Lipinski definition) is 2. The fourth-order valence-corrected chi connectivity index (χ4v) is 2.29. The molecule has 0 saturated carbocycles. The van der Waals surface area contributed by atoms with Gasteiger partial charge >= 0.3 is 5.97 Å². The molecule has 0 bridgehead atoms. The summed E-state index contributed by atoms with van der Waals surface area (Å²) in [7, 11) is 0. The first-order valence-corrected chi connectivity index (χ1v) is 6.74. The quantitative estimate of drug-likeness (QED) is 0.887. The van der Waals surface area contributed by atoms with Crippen molar-refractivity contribution in [2.45, 2.75) is 6.92 Å². The molecule has 0 radical (unpaired) electrons. The molecule has 0 heterocycles. The van der Waals surface area contributed by atoms with Crippen molar-refractivity contribution in [1.29, 1.82) is 0 Å². The number of benzene rings is 2. The van der Waals surface area contributed by atoms with E-state index in [1.54, 1.807) is 12.1 Å². The van der Waals surface area contributed by atoms with Gasteiger partial charge in [-0.1, -0.05) is 40.9 Å². The van der Waals surface area contributed by atoms with Gasteiger partial charge in [-0.25, -0.2) is 4.79 Å². The number of carboxylic acids is 1. The number of hydrogen-bond acceptors (Lipinski definition) is 2. The highest BCUT2D eigenvalue weighted by molar-refractivity contribution is 6.40. The Morgan fingerprint density at radius 3 is 2.00 bits per heavy atom. The van der Waals surface area contributed by atoms with Gasteiger partial charge in [0, 0.05) is 5.56 Å². The van der Waals surface area contributed by atoms with Crippen LogP contribution in [0.5, 0.6) is 0 Å². The molecule has 1 amide bonds. The van der Waals surface area contributed by atoms with Crippen molar-refractivity contribution in [3.63, 3.8) is 0 Å². The van der Waals surface area contributed by atoms with Crippen molar-refractivity contribution in [2.24, 2.45) is 0 Å². The number of aromatic carboxylic acids is 1. The summed E-state index contributed by atoms with van der Waals surface area (Å²) in [4.78, 5) is 23.0. The van der Waals surface area contributed by atoms with Crippen LogP contribution in [0, 0.1) is 6.92 Å². The summed E-state index contributed by atoms with van der Waals surface area (Å²) >= 11 is 11.9. The molecule has 6 heteroatoms. The van der Waals surface area contributed by atoms with E-state index in [9.17, 15) is 9.59 Å². The van der Waals surface area contributed by atoms with E-state index >= 15 is 0 Å². The highest BCUT2D eigenvalue weighted by Crippen LogP contribution is 2.32. The van der Waals surface area contributed by atoms with E-state index < -0.39 is 5.97 Å². The maximum Gasteiger partial charge on any atom is 0.335 e. The van der Waals surface area contributed by atoms with Crippen LogP contribution in [0.4, 0.5) is 5.69 Å². The number of carbonyl (C=O) groups excluding carboxylic acids is 1. The minimum Gasteiger partial charge on any atom is -0.478 e. The second-order valence-corrected chi connectivity index (χ2v) is 5.25. The third-order valence-electron chi connectivity index (χ3n) is 2.84. The van der Waals surface area contributed by atoms with Gasteiger partial charge < -0.3 is 10.4 Å². The number of carbonyl (C=O) groups is 2. The third-order valence-corrected chi connectivity index (χ3v) is 3.44. The molecule has 0 spiro atoms. The predicted molar refractivity (Wildman–Crippen MR) is 82.6 cm³/mol. The van der Waals surface area contributed by atoms with Gasteiger partial charge in [0.2, 0.25) is 0 Å². The molecule has 0 aliphatic rings. The number of nitrogens with one attached hydrogen (secondary N) is 1. The summed E-state index contributed by atoms with van der Waals surface area (Å²) in [5.41, 5.74) is 1.63. The van der Waals surface area contributed by atoms with Crippen LogP contribution in [0.1, 0.15) is 26.3 Å². The Hall–Kier alpha value is -2.04. The molecular formula is C15H11Cl2NO3. The number of carboxylic acid groups (broad SMARTS) is 1. The zero-order valence-electron chi connectivity index (χ0n) is 11.0. The Balaban J connectivity index is 2.29. The normalized spacial score (nSPS) is 10.2. The van der Waals surface area contributed by atoms with Crippen LogP contribution >= 0.6 is 23.2 Å². The SMILES string of the molecule is Cc1ccc(C(=O)Nc2c(Cl)cc(C(=O)O)cc2Cl)cc1. The van der Waals surface area contributed by atoms with E-state index in [0.29, 0.717) is 5.56 Å². The fraction of sp³-hybridized carbons (Fsp3) is 0.0667. The lowest BCUT2D eigenvalue weighted by Crippen LogP contribution is -2.13. The molecule has 2 rings (SSSR count). The summed E-state index contributed by atoms with van der Waals surface area (Å²) in [6.07, 6.45) is 0. The highest BCUT2D eigenvalue weighted by Gasteiger charge is 2.15. The topological polar surface area (TPSA) is 66.4 Å². The number of aryl methyl sites for hydroxylation is 1. The van der Waals surface area contributed by atoms with Gasteiger partial charge in [-0.2, -0.15) is 0 Å². The molecule has 0 saturated heterocycles. The second kappa shape index (κ2) is 6.16.